The predicted octanol–water partition coefficient (Wildman–Crippen LogP) is 3.04. The molecule has 112 valence electrons. The Balaban J connectivity index is 1.84. The molecule has 0 aromatic carbocycles. The molecule has 0 bridgehead atoms. The average molecular weight is 278 g/mol. The van der Waals surface area contributed by atoms with Crippen LogP contribution in [0.4, 0.5) is 13.2 Å². The van der Waals surface area contributed by atoms with Crippen LogP contribution >= 0.6 is 0 Å². The van der Waals surface area contributed by atoms with Crippen molar-refractivity contribution in [3.05, 3.63) is 0 Å². The summed E-state index contributed by atoms with van der Waals surface area (Å²) in [6.07, 6.45) is -0.812. The van der Waals surface area contributed by atoms with Gasteiger partial charge in [-0.15, -0.1) is 0 Å². The monoisotopic (exact) mass is 278 g/mol. The van der Waals surface area contributed by atoms with E-state index in [0.717, 1.165) is 25.9 Å². The molecule has 19 heavy (non-hydrogen) atoms. The van der Waals surface area contributed by atoms with Crippen LogP contribution in [0.5, 0.6) is 0 Å². The van der Waals surface area contributed by atoms with Gasteiger partial charge in [0.25, 0.3) is 0 Å². The lowest BCUT2D eigenvalue weighted by atomic mass is 9.77. The lowest BCUT2D eigenvalue weighted by Crippen LogP contribution is -2.55. The van der Waals surface area contributed by atoms with E-state index in [4.69, 9.17) is 0 Å². The van der Waals surface area contributed by atoms with E-state index < -0.39 is 12.1 Å². The first kappa shape index (κ1) is 15.1. The van der Waals surface area contributed by atoms with E-state index in [9.17, 15) is 13.2 Å². The van der Waals surface area contributed by atoms with Crippen LogP contribution in [0, 0.1) is 11.8 Å². The fraction of sp³-hybridized carbons (Fsp3) is 1.00. The van der Waals surface area contributed by atoms with Crippen LogP contribution < -0.4 is 5.32 Å². The zero-order valence-electron chi connectivity index (χ0n) is 11.8. The maximum Gasteiger partial charge on any atom is 0.393 e. The second kappa shape index (κ2) is 6.00. The molecule has 1 saturated heterocycles. The lowest BCUT2D eigenvalue weighted by molar-refractivity contribution is -0.191. The molecule has 2 fully saturated rings. The van der Waals surface area contributed by atoms with Gasteiger partial charge in [0, 0.05) is 18.6 Å². The van der Waals surface area contributed by atoms with Gasteiger partial charge < -0.3 is 5.32 Å². The number of rotatable bonds is 4. The van der Waals surface area contributed by atoms with Crippen molar-refractivity contribution in [3.8, 4) is 0 Å². The summed E-state index contributed by atoms with van der Waals surface area (Å²) in [7, 11) is 0. The van der Waals surface area contributed by atoms with Crippen molar-refractivity contribution in [1.82, 2.24) is 10.2 Å². The predicted molar refractivity (Wildman–Crippen MR) is 70.0 cm³/mol. The summed E-state index contributed by atoms with van der Waals surface area (Å²) in [6, 6.07) is 0.821. The Morgan fingerprint density at radius 1 is 1.21 bits per heavy atom. The Labute approximate surface area is 113 Å². The van der Waals surface area contributed by atoms with Gasteiger partial charge >= 0.3 is 6.18 Å². The number of nitrogens with zero attached hydrogens (tertiary/aromatic N) is 1. The van der Waals surface area contributed by atoms with Gasteiger partial charge in [-0.25, -0.2) is 0 Å². The highest BCUT2D eigenvalue weighted by Crippen LogP contribution is 2.38. The first-order valence-corrected chi connectivity index (χ1v) is 7.42. The van der Waals surface area contributed by atoms with Crippen molar-refractivity contribution < 1.29 is 13.2 Å². The Kier molecular flexibility index (Phi) is 4.77. The summed E-state index contributed by atoms with van der Waals surface area (Å²) in [6.45, 7) is 6.21. The van der Waals surface area contributed by atoms with Gasteiger partial charge in [0.2, 0.25) is 0 Å². The van der Waals surface area contributed by atoms with E-state index in [2.05, 4.69) is 24.1 Å². The summed E-state index contributed by atoms with van der Waals surface area (Å²) in [5.74, 6) is -0.574. The molecule has 2 aliphatic rings. The summed E-state index contributed by atoms with van der Waals surface area (Å²) in [4.78, 5) is 2.10. The summed E-state index contributed by atoms with van der Waals surface area (Å²) >= 11 is 0. The van der Waals surface area contributed by atoms with Gasteiger partial charge in [0.15, 0.2) is 0 Å². The lowest BCUT2D eigenvalue weighted by Gasteiger charge is -2.48. The fourth-order valence-corrected chi connectivity index (χ4v) is 3.23. The SMILES string of the molecule is CC(C)NCC1CCC1N1CCCC(C(F)(F)F)C1. The molecule has 1 saturated carbocycles. The van der Waals surface area contributed by atoms with Crippen molar-refractivity contribution in [2.75, 3.05) is 19.6 Å². The second-order valence-electron chi connectivity index (χ2n) is 6.34. The van der Waals surface area contributed by atoms with Crippen LogP contribution in [0.2, 0.25) is 0 Å². The minimum absolute atomic E-state index is 0.215. The normalized spacial score (nSPS) is 33.5. The fourth-order valence-electron chi connectivity index (χ4n) is 3.23. The van der Waals surface area contributed by atoms with Crippen molar-refractivity contribution in [3.63, 3.8) is 0 Å². The zero-order valence-corrected chi connectivity index (χ0v) is 11.8. The summed E-state index contributed by atoms with van der Waals surface area (Å²) in [5, 5.41) is 3.41. The number of piperidine rings is 1. The Bertz CT molecular complexity index is 291. The first-order valence-electron chi connectivity index (χ1n) is 7.42. The smallest absolute Gasteiger partial charge is 0.314 e. The van der Waals surface area contributed by atoms with E-state index in [1.54, 1.807) is 0 Å². The minimum atomic E-state index is -4.02. The highest BCUT2D eigenvalue weighted by molar-refractivity contribution is 4.93. The van der Waals surface area contributed by atoms with Gasteiger partial charge in [0.05, 0.1) is 5.92 Å². The molecular weight excluding hydrogens is 253 g/mol. The third-order valence-corrected chi connectivity index (χ3v) is 4.55. The van der Waals surface area contributed by atoms with Crippen LogP contribution in [0.15, 0.2) is 0 Å². The van der Waals surface area contributed by atoms with Crippen molar-refractivity contribution >= 4 is 0 Å². The van der Waals surface area contributed by atoms with Gasteiger partial charge in [-0.05, 0) is 44.7 Å². The van der Waals surface area contributed by atoms with Crippen LogP contribution in [-0.4, -0.2) is 42.8 Å². The largest absolute Gasteiger partial charge is 0.393 e. The molecule has 3 atom stereocenters. The highest BCUT2D eigenvalue weighted by atomic mass is 19.4. The van der Waals surface area contributed by atoms with Crippen molar-refractivity contribution in [2.24, 2.45) is 11.8 Å². The number of hydrogen-bond donors (Lipinski definition) is 1. The standard InChI is InChI=1S/C14H25F3N2/c1-10(2)18-8-11-5-6-13(11)19-7-3-4-12(9-19)14(15,16)17/h10-13,18H,3-9H2,1-2H3. The van der Waals surface area contributed by atoms with Gasteiger partial charge in [-0.2, -0.15) is 13.2 Å². The Morgan fingerprint density at radius 3 is 2.47 bits per heavy atom. The molecule has 1 N–H and O–H groups in total. The van der Waals surface area contributed by atoms with E-state index >= 15 is 0 Å². The number of nitrogens with one attached hydrogen (secondary N) is 1. The molecule has 0 aromatic heterocycles. The number of halogens is 3. The molecule has 2 rings (SSSR count). The van der Waals surface area contributed by atoms with Gasteiger partial charge in [-0.3, -0.25) is 4.90 Å². The van der Waals surface area contributed by atoms with E-state index in [0.29, 0.717) is 30.8 Å². The quantitative estimate of drug-likeness (QED) is 0.850. The number of hydrogen-bond acceptors (Lipinski definition) is 2. The van der Waals surface area contributed by atoms with Crippen molar-refractivity contribution in [1.29, 1.82) is 0 Å². The second-order valence-corrected chi connectivity index (χ2v) is 6.34. The average Bonchev–Trinajstić information content (AvgIpc) is 2.26. The Hall–Kier alpha value is -0.290. The molecule has 3 unspecified atom stereocenters. The maximum atomic E-state index is 12.8. The van der Waals surface area contributed by atoms with Crippen LogP contribution in [0.25, 0.3) is 0 Å². The minimum Gasteiger partial charge on any atom is -0.314 e. The topological polar surface area (TPSA) is 15.3 Å². The van der Waals surface area contributed by atoms with Crippen molar-refractivity contribution in [2.45, 2.75) is 57.8 Å². The van der Waals surface area contributed by atoms with Crippen LogP contribution in [0.1, 0.15) is 39.5 Å². The molecule has 1 aliphatic carbocycles. The van der Waals surface area contributed by atoms with Gasteiger partial charge in [0.1, 0.15) is 0 Å². The molecule has 5 heteroatoms. The van der Waals surface area contributed by atoms with Crippen LogP contribution in [0.3, 0.4) is 0 Å². The number of likely N-dealkylation sites (tertiary alicyclic amines) is 1. The third kappa shape index (κ3) is 3.85. The molecule has 2 nitrogen and oxygen atoms in total. The first-order chi connectivity index (χ1) is 8.88. The molecule has 0 spiro atoms. The van der Waals surface area contributed by atoms with E-state index in [-0.39, 0.29) is 6.54 Å². The highest BCUT2D eigenvalue weighted by Gasteiger charge is 2.45. The Morgan fingerprint density at radius 2 is 1.95 bits per heavy atom. The van der Waals surface area contributed by atoms with E-state index in [1.807, 2.05) is 0 Å². The molecule has 1 heterocycles. The van der Waals surface area contributed by atoms with Gasteiger partial charge in [-0.1, -0.05) is 13.8 Å². The molecular formula is C14H25F3N2. The molecule has 1 aliphatic heterocycles. The number of alkyl halides is 3. The van der Waals surface area contributed by atoms with E-state index in [1.165, 1.54) is 0 Å². The zero-order chi connectivity index (χ0) is 14.0. The molecule has 0 aromatic rings. The summed E-state index contributed by atoms with van der Waals surface area (Å²) in [5.41, 5.74) is 0. The maximum absolute atomic E-state index is 12.8. The molecule has 0 radical (unpaired) electrons. The summed E-state index contributed by atoms with van der Waals surface area (Å²) < 4.78 is 38.4. The molecule has 0 amide bonds. The third-order valence-electron chi connectivity index (χ3n) is 4.55. The van der Waals surface area contributed by atoms with Crippen LogP contribution in [-0.2, 0) is 0 Å².